The van der Waals surface area contributed by atoms with E-state index in [1.807, 2.05) is 0 Å². The molecule has 0 aromatic heterocycles. The first-order chi connectivity index (χ1) is 24.6. The quantitative estimate of drug-likeness (QED) is 0.0401. The predicted molar refractivity (Wildman–Crippen MR) is 214 cm³/mol. The third kappa shape index (κ3) is 38.1. The van der Waals surface area contributed by atoms with Crippen LogP contribution in [0.3, 0.4) is 0 Å². The van der Waals surface area contributed by atoms with Crippen LogP contribution >= 0.6 is 0 Å². The van der Waals surface area contributed by atoms with Crippen molar-refractivity contribution in [2.45, 2.75) is 187 Å². The molecule has 0 heterocycles. The summed E-state index contributed by atoms with van der Waals surface area (Å²) in [7, 11) is 0. The van der Waals surface area contributed by atoms with Crippen LogP contribution in [0.4, 0.5) is 0 Å². The number of hydrogen-bond acceptors (Lipinski definition) is 5. The van der Waals surface area contributed by atoms with Crippen LogP contribution < -0.4 is 0 Å². The summed E-state index contributed by atoms with van der Waals surface area (Å²) in [6.45, 7) is 3.96. The average Bonchev–Trinajstić information content (AvgIpc) is 3.12. The van der Waals surface area contributed by atoms with Crippen molar-refractivity contribution in [3.8, 4) is 0 Å². The normalized spacial score (nSPS) is 12.9. The van der Waals surface area contributed by atoms with E-state index in [0.29, 0.717) is 12.8 Å². The molecule has 1 N–H and O–H groups in total. The lowest BCUT2D eigenvalue weighted by molar-refractivity contribution is -0.161. The minimum absolute atomic E-state index is 0.0882. The lowest BCUT2D eigenvalue weighted by Crippen LogP contribution is -2.28. The molecule has 0 spiro atoms. The van der Waals surface area contributed by atoms with E-state index >= 15 is 0 Å². The van der Waals surface area contributed by atoms with Crippen molar-refractivity contribution in [2.24, 2.45) is 0 Å². The molecule has 0 radical (unpaired) electrons. The summed E-state index contributed by atoms with van der Waals surface area (Å²) >= 11 is 0. The molecule has 0 saturated heterocycles. The third-order valence-corrected chi connectivity index (χ3v) is 8.48. The number of carbonyl (C=O) groups excluding carboxylic acids is 2. The van der Waals surface area contributed by atoms with Gasteiger partial charge in [-0.1, -0.05) is 157 Å². The van der Waals surface area contributed by atoms with Gasteiger partial charge in [0, 0.05) is 12.8 Å². The van der Waals surface area contributed by atoms with Gasteiger partial charge >= 0.3 is 11.9 Å². The van der Waals surface area contributed by atoms with Crippen molar-refractivity contribution in [1.29, 1.82) is 0 Å². The number of allylic oxidation sites excluding steroid dienone is 12. The highest BCUT2D eigenvalue weighted by Gasteiger charge is 2.16. The second kappa shape index (κ2) is 40.8. The Morgan fingerprint density at radius 2 is 0.860 bits per heavy atom. The summed E-state index contributed by atoms with van der Waals surface area (Å²) in [5.74, 6) is -0.649. The predicted octanol–water partition coefficient (Wildman–Crippen LogP) is 13.0. The number of hydrogen-bond donors (Lipinski definition) is 1. The largest absolute Gasteiger partial charge is 0.462 e. The Bertz CT molecular complexity index is 926. The Kier molecular flexibility index (Phi) is 38.6. The van der Waals surface area contributed by atoms with Gasteiger partial charge in [-0.15, -0.1) is 0 Å². The Balaban J connectivity index is 3.62. The van der Waals surface area contributed by atoms with Crippen LogP contribution in [0.15, 0.2) is 72.9 Å². The zero-order valence-electron chi connectivity index (χ0n) is 32.4. The smallest absolute Gasteiger partial charge is 0.306 e. The van der Waals surface area contributed by atoms with E-state index in [9.17, 15) is 14.7 Å². The van der Waals surface area contributed by atoms with Crippen LogP contribution in [-0.2, 0) is 19.1 Å². The molecule has 1 atom stereocenters. The van der Waals surface area contributed by atoms with Crippen molar-refractivity contribution in [3.05, 3.63) is 72.9 Å². The molecule has 0 fully saturated rings. The summed E-state index contributed by atoms with van der Waals surface area (Å²) in [6.07, 6.45) is 54.0. The molecule has 286 valence electrons. The van der Waals surface area contributed by atoms with Gasteiger partial charge in [-0.3, -0.25) is 9.59 Å². The van der Waals surface area contributed by atoms with E-state index in [0.717, 1.165) is 70.6 Å². The maximum Gasteiger partial charge on any atom is 0.306 e. The third-order valence-electron chi connectivity index (χ3n) is 8.48. The first-order valence-corrected chi connectivity index (χ1v) is 20.5. The molecule has 0 rings (SSSR count). The van der Waals surface area contributed by atoms with E-state index in [4.69, 9.17) is 9.47 Å². The number of rotatable bonds is 36. The Morgan fingerprint density at radius 1 is 0.480 bits per heavy atom. The summed E-state index contributed by atoms with van der Waals surface area (Å²) in [6, 6.07) is 0. The zero-order chi connectivity index (χ0) is 36.4. The molecule has 0 aliphatic heterocycles. The van der Waals surface area contributed by atoms with E-state index in [2.05, 4.69) is 86.8 Å². The lowest BCUT2D eigenvalue weighted by atomic mass is 10.1. The van der Waals surface area contributed by atoms with Crippen LogP contribution in [0.1, 0.15) is 181 Å². The molecule has 1 unspecified atom stereocenters. The van der Waals surface area contributed by atoms with Crippen molar-refractivity contribution in [3.63, 3.8) is 0 Å². The highest BCUT2D eigenvalue weighted by molar-refractivity contribution is 5.70. The van der Waals surface area contributed by atoms with Crippen LogP contribution in [-0.4, -0.2) is 36.4 Å². The molecule has 0 amide bonds. The number of carbonyl (C=O) groups is 2. The topological polar surface area (TPSA) is 72.8 Å². The first-order valence-electron chi connectivity index (χ1n) is 20.5. The highest BCUT2D eigenvalue weighted by atomic mass is 16.6. The molecular formula is C45H76O5. The summed E-state index contributed by atoms with van der Waals surface area (Å²) in [4.78, 5) is 24.3. The van der Waals surface area contributed by atoms with Gasteiger partial charge in [0.1, 0.15) is 6.61 Å². The van der Waals surface area contributed by atoms with Crippen LogP contribution in [0.5, 0.6) is 0 Å². The minimum Gasteiger partial charge on any atom is -0.462 e. The van der Waals surface area contributed by atoms with E-state index in [-0.39, 0.29) is 25.2 Å². The monoisotopic (exact) mass is 697 g/mol. The Hall–Kier alpha value is -2.66. The average molecular weight is 697 g/mol. The van der Waals surface area contributed by atoms with Crippen molar-refractivity contribution in [2.75, 3.05) is 13.2 Å². The molecule has 0 bridgehead atoms. The summed E-state index contributed by atoms with van der Waals surface area (Å²) in [5.41, 5.74) is 0. The van der Waals surface area contributed by atoms with Crippen LogP contribution in [0.25, 0.3) is 0 Å². The van der Waals surface area contributed by atoms with Gasteiger partial charge in [-0.05, 0) is 83.5 Å². The van der Waals surface area contributed by atoms with Crippen LogP contribution in [0.2, 0.25) is 0 Å². The fourth-order valence-electron chi connectivity index (χ4n) is 5.40. The second-order valence-electron chi connectivity index (χ2n) is 13.3. The summed E-state index contributed by atoms with van der Waals surface area (Å²) in [5, 5.41) is 9.55. The number of esters is 2. The molecular weight excluding hydrogens is 620 g/mol. The molecule has 0 aliphatic carbocycles. The number of unbranched alkanes of at least 4 members (excludes halogenated alkanes) is 16. The van der Waals surface area contributed by atoms with Gasteiger partial charge in [0.2, 0.25) is 0 Å². The van der Waals surface area contributed by atoms with Gasteiger partial charge in [0.15, 0.2) is 6.10 Å². The Morgan fingerprint density at radius 3 is 1.34 bits per heavy atom. The second-order valence-corrected chi connectivity index (χ2v) is 13.3. The van der Waals surface area contributed by atoms with Gasteiger partial charge in [-0.2, -0.15) is 0 Å². The number of ether oxygens (including phenoxy) is 2. The molecule has 5 heteroatoms. The Labute approximate surface area is 308 Å². The van der Waals surface area contributed by atoms with E-state index in [1.165, 1.54) is 83.5 Å². The van der Waals surface area contributed by atoms with Gasteiger partial charge in [0.05, 0.1) is 6.61 Å². The van der Waals surface area contributed by atoms with Crippen molar-refractivity contribution < 1.29 is 24.2 Å². The standard InChI is InChI=1S/C45H76O5/c1-3-5-7-9-11-13-15-17-19-20-21-22-23-24-26-27-29-31-33-35-37-39-44(47)49-42-43(41-46)50-45(48)40-38-36-34-32-30-28-25-18-16-14-12-10-8-6-4-2/h6,8,12,14-15,17-18,20-21,25,30,32,43,46H,3-5,7,9-11,13,16,19,22-24,26-29,31,33-42H2,1-2H3/b8-6-,14-12-,17-15-,21-20-,25-18-,32-30-. The molecule has 5 nitrogen and oxygen atoms in total. The van der Waals surface area contributed by atoms with Crippen molar-refractivity contribution in [1.82, 2.24) is 0 Å². The van der Waals surface area contributed by atoms with Crippen LogP contribution in [0, 0.1) is 0 Å². The summed E-state index contributed by atoms with van der Waals surface area (Å²) < 4.78 is 10.6. The maximum atomic E-state index is 12.1. The molecule has 50 heavy (non-hydrogen) atoms. The van der Waals surface area contributed by atoms with E-state index in [1.54, 1.807) is 0 Å². The van der Waals surface area contributed by atoms with Gasteiger partial charge < -0.3 is 14.6 Å². The lowest BCUT2D eigenvalue weighted by Gasteiger charge is -2.15. The molecule has 0 saturated carbocycles. The highest BCUT2D eigenvalue weighted by Crippen LogP contribution is 2.13. The SMILES string of the molecule is CC/C=C\C/C=C\C/C=C\C/C=C\CCCCC(=O)OC(CO)COC(=O)CCCCCCCCCCC/C=C\C/C=C\CCCCCCC. The molecule has 0 aromatic rings. The number of aliphatic hydroxyl groups excluding tert-OH is 1. The fourth-order valence-corrected chi connectivity index (χ4v) is 5.40. The van der Waals surface area contributed by atoms with Gasteiger partial charge in [-0.25, -0.2) is 0 Å². The number of aliphatic hydroxyl groups is 1. The minimum atomic E-state index is -0.798. The molecule has 0 aromatic carbocycles. The van der Waals surface area contributed by atoms with Crippen molar-refractivity contribution >= 4 is 11.9 Å². The van der Waals surface area contributed by atoms with Gasteiger partial charge in [0.25, 0.3) is 0 Å². The van der Waals surface area contributed by atoms with E-state index < -0.39 is 6.10 Å². The maximum absolute atomic E-state index is 12.1. The zero-order valence-corrected chi connectivity index (χ0v) is 32.4. The fraction of sp³-hybridized carbons (Fsp3) is 0.689. The first kappa shape index (κ1) is 47.3. The molecule has 0 aliphatic rings.